The lowest BCUT2D eigenvalue weighted by molar-refractivity contribution is 0.668. The third-order valence-corrected chi connectivity index (χ3v) is 9.09. The number of rotatable bonds is 4. The molecule has 11 aromatic rings. The standard InChI is InChI=1S/C48H30N2O/c1-3-12-31(13-4-1)36-18-11-21-46-48(36)39-25-24-35(30-47(39)51-46)50-43-20-10-8-17-38(43)41-29-33(23-27-45(41)50)32-22-26-44-40(28-32)37-16-7-9-19-42(37)49(44)34-14-5-2-6-15-34/h1-30H/i1D,3D,4D,7D,8D,9D,10D,12D,13D,16D,17D,19D,20D,22D,23D,26D,27D,28D,29D. The molecule has 3 aromatic heterocycles. The maximum atomic E-state index is 9.85. The summed E-state index contributed by atoms with van der Waals surface area (Å²) < 4.78 is 180. The third-order valence-electron chi connectivity index (χ3n) is 9.09. The van der Waals surface area contributed by atoms with E-state index in [0.717, 1.165) is 0 Å². The average Bonchev–Trinajstić information content (AvgIpc) is 4.04. The van der Waals surface area contributed by atoms with Crippen LogP contribution in [0.25, 0.3) is 99.2 Å². The zero-order valence-electron chi connectivity index (χ0n) is 45.2. The van der Waals surface area contributed by atoms with Gasteiger partial charge in [-0.15, -0.1) is 0 Å². The monoisotopic (exact) mass is 669 g/mol. The third kappa shape index (κ3) is 4.19. The van der Waals surface area contributed by atoms with Gasteiger partial charge >= 0.3 is 0 Å². The van der Waals surface area contributed by atoms with Gasteiger partial charge in [0.25, 0.3) is 0 Å². The Morgan fingerprint density at radius 1 is 0.412 bits per heavy atom. The summed E-state index contributed by atoms with van der Waals surface area (Å²) in [6.07, 6.45) is 0. The highest BCUT2D eigenvalue weighted by Gasteiger charge is 2.18. The predicted octanol–water partition coefficient (Wildman–Crippen LogP) is 13.1. The summed E-state index contributed by atoms with van der Waals surface area (Å²) in [5.41, 5.74) is -0.362. The lowest BCUT2D eigenvalue weighted by atomic mass is 9.99. The summed E-state index contributed by atoms with van der Waals surface area (Å²) in [5, 5.41) is 0.0438. The second-order valence-corrected chi connectivity index (χ2v) is 11.9. The van der Waals surface area contributed by atoms with E-state index in [4.69, 9.17) is 19.5 Å². The SMILES string of the molecule is [2H]c1c([2H])c([2H])c(-c2cccc3oc4cc(-n5c6c([2H])c([2H])c([2H])c([2H])c6c6c([2H])c(-c7c([2H])c([2H])c8c(c7[2H])c7c([2H])c([2H])c([2H])c([2H])c7n8-c7ccccc7)c([2H])c([2H])c65)ccc4c23)c([2H])c1[2H]. The lowest BCUT2D eigenvalue weighted by Crippen LogP contribution is -1.93. The Hall–Kier alpha value is -6.84. The molecule has 0 aliphatic rings. The van der Waals surface area contributed by atoms with E-state index < -0.39 is 126 Å². The molecule has 51 heavy (non-hydrogen) atoms. The number of hydrogen-bond donors (Lipinski definition) is 0. The number of aromatic nitrogens is 2. The molecule has 238 valence electrons. The Bertz CT molecular complexity index is 4200. The highest BCUT2D eigenvalue weighted by Crippen LogP contribution is 2.41. The maximum Gasteiger partial charge on any atom is 0.137 e. The van der Waals surface area contributed by atoms with Gasteiger partial charge in [-0.2, -0.15) is 0 Å². The van der Waals surface area contributed by atoms with Gasteiger partial charge in [-0.25, -0.2) is 0 Å². The van der Waals surface area contributed by atoms with Crippen LogP contribution in [0, 0.1) is 0 Å². The molecular weight excluding hydrogens is 621 g/mol. The van der Waals surface area contributed by atoms with Crippen molar-refractivity contribution in [2.75, 3.05) is 0 Å². The van der Waals surface area contributed by atoms with Gasteiger partial charge in [0.05, 0.1) is 48.1 Å². The molecule has 0 saturated heterocycles. The lowest BCUT2D eigenvalue weighted by Gasteiger charge is -2.09. The Labute approximate surface area is 320 Å². The van der Waals surface area contributed by atoms with Crippen molar-refractivity contribution in [1.82, 2.24) is 9.13 Å². The molecule has 0 N–H and O–H groups in total. The molecule has 3 nitrogen and oxygen atoms in total. The first kappa shape index (κ1) is 15.4. The largest absolute Gasteiger partial charge is 0.456 e. The second kappa shape index (κ2) is 10.8. The van der Waals surface area contributed by atoms with Gasteiger partial charge in [0.2, 0.25) is 0 Å². The minimum atomic E-state index is -0.709. The Morgan fingerprint density at radius 2 is 1.02 bits per heavy atom. The van der Waals surface area contributed by atoms with Crippen LogP contribution in [0.4, 0.5) is 0 Å². The van der Waals surface area contributed by atoms with Crippen molar-refractivity contribution in [1.29, 1.82) is 0 Å². The smallest absolute Gasteiger partial charge is 0.137 e. The van der Waals surface area contributed by atoms with Crippen molar-refractivity contribution in [2.24, 2.45) is 0 Å². The number of furan rings is 1. The van der Waals surface area contributed by atoms with E-state index in [1.165, 1.54) is 15.2 Å². The molecule has 11 rings (SSSR count). The minimum Gasteiger partial charge on any atom is -0.456 e. The van der Waals surface area contributed by atoms with E-state index in [1.54, 1.807) is 60.7 Å². The van der Waals surface area contributed by atoms with Crippen molar-refractivity contribution >= 4 is 65.6 Å². The van der Waals surface area contributed by atoms with Gasteiger partial charge in [0.15, 0.2) is 0 Å². The molecule has 0 amide bonds. The Morgan fingerprint density at radius 3 is 1.71 bits per heavy atom. The summed E-state index contributed by atoms with van der Waals surface area (Å²) in [7, 11) is 0. The van der Waals surface area contributed by atoms with Crippen LogP contribution in [0.3, 0.4) is 0 Å². The first-order valence-electron chi connectivity index (χ1n) is 25.4. The van der Waals surface area contributed by atoms with Crippen LogP contribution in [-0.4, -0.2) is 9.13 Å². The molecule has 0 aliphatic heterocycles. The van der Waals surface area contributed by atoms with Gasteiger partial charge in [-0.3, -0.25) is 0 Å². The van der Waals surface area contributed by atoms with Crippen molar-refractivity contribution < 1.29 is 30.5 Å². The van der Waals surface area contributed by atoms with Crippen LogP contribution >= 0.6 is 0 Å². The van der Waals surface area contributed by atoms with Gasteiger partial charge in [0, 0.05) is 49.8 Å². The van der Waals surface area contributed by atoms with E-state index in [2.05, 4.69) is 0 Å². The van der Waals surface area contributed by atoms with Gasteiger partial charge in [-0.1, -0.05) is 109 Å². The molecule has 0 aliphatic carbocycles. The fourth-order valence-electron chi connectivity index (χ4n) is 6.92. The summed E-state index contributed by atoms with van der Waals surface area (Å²) in [6, 6.07) is 6.92. The highest BCUT2D eigenvalue weighted by atomic mass is 16.3. The predicted molar refractivity (Wildman–Crippen MR) is 213 cm³/mol. The van der Waals surface area contributed by atoms with Crippen LogP contribution in [0.1, 0.15) is 26.0 Å². The number of hydrogen-bond acceptors (Lipinski definition) is 1. The number of nitrogens with zero attached hydrogens (tertiary/aromatic N) is 2. The zero-order chi connectivity index (χ0) is 50.0. The van der Waals surface area contributed by atoms with Crippen LogP contribution in [0.2, 0.25) is 0 Å². The molecule has 0 fully saturated rings. The summed E-state index contributed by atoms with van der Waals surface area (Å²) in [5.74, 6) is 0. The minimum absolute atomic E-state index is 0.0582. The second-order valence-electron chi connectivity index (χ2n) is 11.9. The number of para-hydroxylation sites is 3. The molecule has 3 heterocycles. The molecule has 0 atom stereocenters. The zero-order valence-corrected chi connectivity index (χ0v) is 26.2. The molecule has 0 bridgehead atoms. The fraction of sp³-hybridized carbons (Fsp3) is 0. The Balaban J connectivity index is 1.24. The number of benzene rings is 8. The molecular formula is C48H30N2O. The maximum absolute atomic E-state index is 9.85. The van der Waals surface area contributed by atoms with Crippen molar-refractivity contribution in [2.45, 2.75) is 0 Å². The Kier molecular flexibility index (Phi) is 3.26. The van der Waals surface area contributed by atoms with E-state index in [9.17, 15) is 11.0 Å². The molecule has 0 unspecified atom stereocenters. The molecule has 3 heteroatoms. The normalized spacial score (nSPS) is 17.1. The quantitative estimate of drug-likeness (QED) is 0.183. The molecule has 0 radical (unpaired) electrons. The topological polar surface area (TPSA) is 23.0 Å². The average molecular weight is 670 g/mol. The van der Waals surface area contributed by atoms with E-state index in [1.807, 2.05) is 0 Å². The molecule has 0 saturated carbocycles. The van der Waals surface area contributed by atoms with Crippen LogP contribution in [0.5, 0.6) is 0 Å². The van der Waals surface area contributed by atoms with E-state index >= 15 is 0 Å². The van der Waals surface area contributed by atoms with Gasteiger partial charge in [-0.05, 0) is 88.8 Å². The van der Waals surface area contributed by atoms with Crippen LogP contribution < -0.4 is 0 Å². The van der Waals surface area contributed by atoms with Crippen molar-refractivity contribution in [3.8, 4) is 33.6 Å². The summed E-state index contributed by atoms with van der Waals surface area (Å²) in [4.78, 5) is 0. The first-order valence-corrected chi connectivity index (χ1v) is 15.9. The van der Waals surface area contributed by atoms with Gasteiger partial charge < -0.3 is 13.6 Å². The van der Waals surface area contributed by atoms with Crippen molar-refractivity contribution in [3.05, 3.63) is 182 Å². The molecule has 8 aromatic carbocycles. The van der Waals surface area contributed by atoms with Crippen LogP contribution in [0.15, 0.2) is 186 Å². The van der Waals surface area contributed by atoms with Crippen molar-refractivity contribution in [3.63, 3.8) is 0 Å². The first-order chi connectivity index (χ1) is 33.2. The van der Waals surface area contributed by atoms with E-state index in [0.29, 0.717) is 16.5 Å². The van der Waals surface area contributed by atoms with Crippen LogP contribution in [-0.2, 0) is 0 Å². The molecule has 0 spiro atoms. The fourth-order valence-corrected chi connectivity index (χ4v) is 6.92. The van der Waals surface area contributed by atoms with Gasteiger partial charge in [0.1, 0.15) is 11.2 Å². The van der Waals surface area contributed by atoms with E-state index in [-0.39, 0.29) is 71.6 Å². The number of fused-ring (bicyclic) bond motifs is 9. The summed E-state index contributed by atoms with van der Waals surface area (Å²) >= 11 is 0. The summed E-state index contributed by atoms with van der Waals surface area (Å²) in [6.45, 7) is 0. The highest BCUT2D eigenvalue weighted by molar-refractivity contribution is 6.15.